The van der Waals surface area contributed by atoms with Gasteiger partial charge >= 0.3 is 0 Å². The topological polar surface area (TPSA) is 87.4 Å². The van der Waals surface area contributed by atoms with E-state index in [9.17, 15) is 9.90 Å². The number of carbonyl (C=O) groups excluding carboxylic acids is 1. The molecule has 0 bridgehead atoms. The van der Waals surface area contributed by atoms with Gasteiger partial charge in [0.15, 0.2) is 0 Å². The summed E-state index contributed by atoms with van der Waals surface area (Å²) >= 11 is 0. The number of aliphatic hydroxyl groups excluding tert-OH is 1. The van der Waals surface area contributed by atoms with E-state index >= 15 is 0 Å². The molecule has 6 nitrogen and oxygen atoms in total. The highest BCUT2D eigenvalue weighted by Gasteiger charge is 2.38. The van der Waals surface area contributed by atoms with Crippen LogP contribution in [0.1, 0.15) is 23.2 Å². The van der Waals surface area contributed by atoms with Crippen LogP contribution in [0, 0.1) is 0 Å². The molecule has 2 heterocycles. The second-order valence-corrected chi connectivity index (χ2v) is 5.21. The van der Waals surface area contributed by atoms with Gasteiger partial charge in [-0.25, -0.2) is 4.98 Å². The van der Waals surface area contributed by atoms with Crippen LogP contribution in [0.3, 0.4) is 0 Å². The molecule has 1 aromatic carbocycles. The van der Waals surface area contributed by atoms with Crippen LogP contribution >= 0.6 is 0 Å². The van der Waals surface area contributed by atoms with Crippen LogP contribution in [0.25, 0.3) is 0 Å². The fraction of sp³-hybridized carbons (Fsp3) is 0.333. The lowest BCUT2D eigenvalue weighted by molar-refractivity contribution is -0.123. The zero-order chi connectivity index (χ0) is 14.9. The number of nitrogens with zero attached hydrogens (tertiary/aromatic N) is 2. The molecule has 2 aromatic rings. The molecule has 1 atom stereocenters. The fourth-order valence-electron chi connectivity index (χ4n) is 2.70. The molecule has 3 N–H and O–H groups in total. The number of amides is 1. The second kappa shape index (κ2) is 5.31. The molecule has 6 heteroatoms. The Balaban J connectivity index is 1.77. The summed E-state index contributed by atoms with van der Waals surface area (Å²) in [5, 5.41) is 22.1. The van der Waals surface area contributed by atoms with E-state index in [1.165, 1.54) is 0 Å². The van der Waals surface area contributed by atoms with Crippen LogP contribution in [0.4, 0.5) is 0 Å². The largest absolute Gasteiger partial charge is 0.387 e. The first-order valence-electron chi connectivity index (χ1n) is 6.83. The van der Waals surface area contributed by atoms with Crippen LogP contribution in [-0.2, 0) is 23.5 Å². The number of aliphatic hydroxyl groups is 2. The summed E-state index contributed by atoms with van der Waals surface area (Å²) in [5.74, 6) is -0.405. The molecule has 1 aliphatic rings. The molecule has 0 saturated heterocycles. The Bertz CT molecular complexity index is 650. The minimum Gasteiger partial charge on any atom is -0.387 e. The molecule has 110 valence electrons. The molecular weight excluding hydrogens is 270 g/mol. The molecule has 1 unspecified atom stereocenters. The van der Waals surface area contributed by atoms with Crippen LogP contribution in [0.15, 0.2) is 36.8 Å². The molecule has 0 radical (unpaired) electrons. The average Bonchev–Trinajstić information content (AvgIpc) is 3.10. The number of imidazole rings is 1. The van der Waals surface area contributed by atoms with Gasteiger partial charge in [-0.2, -0.15) is 0 Å². The van der Waals surface area contributed by atoms with E-state index < -0.39 is 18.1 Å². The van der Waals surface area contributed by atoms with Gasteiger partial charge in [0.25, 0.3) is 0 Å². The van der Waals surface area contributed by atoms with Crippen molar-refractivity contribution in [2.45, 2.75) is 25.1 Å². The third-order valence-electron chi connectivity index (χ3n) is 3.92. The molecule has 1 aromatic heterocycles. The predicted molar refractivity (Wildman–Crippen MR) is 75.2 cm³/mol. The van der Waals surface area contributed by atoms with Crippen molar-refractivity contribution in [1.29, 1.82) is 0 Å². The standard InChI is InChI=1S/C15H17N3O3/c19-9-14(20)17-7-11-1-3-12(4-2-11)15(21)5-6-18-10-16-8-13(15)18/h1-4,8,10,19,21H,5-7,9H2,(H,17,20). The van der Waals surface area contributed by atoms with E-state index in [1.54, 1.807) is 12.5 Å². The van der Waals surface area contributed by atoms with Gasteiger partial charge in [-0.05, 0) is 11.1 Å². The number of rotatable bonds is 4. The second-order valence-electron chi connectivity index (χ2n) is 5.21. The van der Waals surface area contributed by atoms with Gasteiger partial charge < -0.3 is 20.1 Å². The van der Waals surface area contributed by atoms with Gasteiger partial charge in [0.1, 0.15) is 12.2 Å². The van der Waals surface area contributed by atoms with Gasteiger partial charge in [0.05, 0.1) is 18.2 Å². The quantitative estimate of drug-likeness (QED) is 0.746. The molecule has 0 spiro atoms. The van der Waals surface area contributed by atoms with Gasteiger partial charge in [0, 0.05) is 19.5 Å². The Labute approximate surface area is 122 Å². The van der Waals surface area contributed by atoms with Crippen LogP contribution in [0.2, 0.25) is 0 Å². The van der Waals surface area contributed by atoms with Gasteiger partial charge in [-0.3, -0.25) is 4.79 Å². The maximum Gasteiger partial charge on any atom is 0.245 e. The van der Waals surface area contributed by atoms with Crippen molar-refractivity contribution in [2.75, 3.05) is 6.61 Å². The number of hydrogen-bond acceptors (Lipinski definition) is 4. The number of benzene rings is 1. The first kappa shape index (κ1) is 13.8. The van der Waals surface area contributed by atoms with Crippen molar-refractivity contribution in [3.05, 3.63) is 53.6 Å². The summed E-state index contributed by atoms with van der Waals surface area (Å²) in [6, 6.07) is 7.46. The van der Waals surface area contributed by atoms with Crippen molar-refractivity contribution in [2.24, 2.45) is 0 Å². The molecule has 3 rings (SSSR count). The molecule has 0 saturated carbocycles. The first-order valence-corrected chi connectivity index (χ1v) is 6.83. The van der Waals surface area contributed by atoms with Crippen LogP contribution < -0.4 is 5.32 Å². The molecule has 0 aliphatic carbocycles. The van der Waals surface area contributed by atoms with Crippen LogP contribution in [-0.4, -0.2) is 32.3 Å². The summed E-state index contributed by atoms with van der Waals surface area (Å²) in [4.78, 5) is 15.1. The van der Waals surface area contributed by atoms with E-state index in [4.69, 9.17) is 5.11 Å². The lowest BCUT2D eigenvalue weighted by Crippen LogP contribution is -2.26. The average molecular weight is 287 g/mol. The summed E-state index contributed by atoms with van der Waals surface area (Å²) in [6.45, 7) is 0.595. The predicted octanol–water partition coefficient (Wildman–Crippen LogP) is 0.131. The Morgan fingerprint density at radius 3 is 2.86 bits per heavy atom. The van der Waals surface area contributed by atoms with E-state index in [0.29, 0.717) is 13.0 Å². The van der Waals surface area contributed by atoms with Crippen molar-refractivity contribution in [3.8, 4) is 0 Å². The normalized spacial score (nSPS) is 20.3. The van der Waals surface area contributed by atoms with Gasteiger partial charge in [-0.1, -0.05) is 24.3 Å². The van der Waals surface area contributed by atoms with Crippen LogP contribution in [0.5, 0.6) is 0 Å². The maximum atomic E-state index is 11.0. The highest BCUT2D eigenvalue weighted by molar-refractivity contribution is 5.76. The Morgan fingerprint density at radius 1 is 1.38 bits per heavy atom. The maximum absolute atomic E-state index is 11.0. The zero-order valence-electron chi connectivity index (χ0n) is 11.5. The summed E-state index contributed by atoms with van der Waals surface area (Å²) < 4.78 is 1.95. The fourth-order valence-corrected chi connectivity index (χ4v) is 2.70. The lowest BCUT2D eigenvalue weighted by Gasteiger charge is -2.22. The number of carbonyl (C=O) groups is 1. The highest BCUT2D eigenvalue weighted by Crippen LogP contribution is 2.38. The third kappa shape index (κ3) is 2.43. The molecule has 21 heavy (non-hydrogen) atoms. The van der Waals surface area contributed by atoms with E-state index in [2.05, 4.69) is 10.3 Å². The Hall–Kier alpha value is -2.18. The number of fused-ring (bicyclic) bond motifs is 1. The number of aromatic nitrogens is 2. The molecule has 1 aliphatic heterocycles. The monoisotopic (exact) mass is 287 g/mol. The van der Waals surface area contributed by atoms with E-state index in [1.807, 2.05) is 28.8 Å². The first-order chi connectivity index (χ1) is 10.1. The van der Waals surface area contributed by atoms with E-state index in [0.717, 1.165) is 23.4 Å². The minimum atomic E-state index is -0.997. The van der Waals surface area contributed by atoms with Crippen molar-refractivity contribution < 1.29 is 15.0 Å². The summed E-state index contributed by atoms with van der Waals surface area (Å²) in [6.07, 6.45) is 4.06. The molecule has 0 fully saturated rings. The number of nitrogens with one attached hydrogen (secondary N) is 1. The number of hydrogen-bond donors (Lipinski definition) is 3. The smallest absolute Gasteiger partial charge is 0.245 e. The Kier molecular flexibility index (Phi) is 3.48. The zero-order valence-corrected chi connectivity index (χ0v) is 11.5. The van der Waals surface area contributed by atoms with Crippen molar-refractivity contribution in [3.63, 3.8) is 0 Å². The van der Waals surface area contributed by atoms with Crippen molar-refractivity contribution >= 4 is 5.91 Å². The van der Waals surface area contributed by atoms with Gasteiger partial charge in [0.2, 0.25) is 5.91 Å². The summed E-state index contributed by atoms with van der Waals surface area (Å²) in [7, 11) is 0. The van der Waals surface area contributed by atoms with E-state index in [-0.39, 0.29) is 0 Å². The highest BCUT2D eigenvalue weighted by atomic mass is 16.3. The summed E-state index contributed by atoms with van der Waals surface area (Å²) in [5.41, 5.74) is 1.54. The minimum absolute atomic E-state index is 0.357. The van der Waals surface area contributed by atoms with Crippen molar-refractivity contribution in [1.82, 2.24) is 14.9 Å². The number of aryl methyl sites for hydroxylation is 1. The Morgan fingerprint density at radius 2 is 2.14 bits per heavy atom. The molecular formula is C15H17N3O3. The lowest BCUT2D eigenvalue weighted by atomic mass is 9.89. The third-order valence-corrected chi connectivity index (χ3v) is 3.92. The molecule has 1 amide bonds. The van der Waals surface area contributed by atoms with Gasteiger partial charge in [-0.15, -0.1) is 0 Å². The SMILES string of the molecule is O=C(CO)NCc1ccc(C2(O)CCn3cncc32)cc1.